The largest absolute Gasteiger partial charge is 0.365 e. The van der Waals surface area contributed by atoms with E-state index in [2.05, 4.69) is 32.6 Å². The molecule has 0 radical (unpaired) electrons. The molecule has 0 saturated heterocycles. The molecule has 15 heavy (non-hydrogen) atoms. The summed E-state index contributed by atoms with van der Waals surface area (Å²) in [5, 5.41) is 0. The van der Waals surface area contributed by atoms with Gasteiger partial charge in [0, 0.05) is 6.42 Å². The zero-order chi connectivity index (χ0) is 11.1. The molecule has 0 N–H and O–H groups in total. The van der Waals surface area contributed by atoms with Crippen molar-refractivity contribution in [2.75, 3.05) is 6.61 Å². The van der Waals surface area contributed by atoms with Crippen molar-refractivity contribution < 1.29 is 4.74 Å². The first-order chi connectivity index (χ1) is 7.14. The molecule has 1 heteroatoms. The van der Waals surface area contributed by atoms with Crippen LogP contribution in [0.15, 0.2) is 0 Å². The van der Waals surface area contributed by atoms with Crippen molar-refractivity contribution in [3.63, 3.8) is 0 Å². The third kappa shape index (κ3) is 5.23. The quantitative estimate of drug-likeness (QED) is 0.639. The molecule has 0 aromatic heterocycles. The van der Waals surface area contributed by atoms with E-state index in [1.54, 1.807) is 0 Å². The van der Waals surface area contributed by atoms with E-state index in [4.69, 9.17) is 4.74 Å². The zero-order valence-electron chi connectivity index (χ0n) is 10.4. The van der Waals surface area contributed by atoms with Crippen LogP contribution in [-0.4, -0.2) is 12.7 Å². The second-order valence-electron chi connectivity index (χ2n) is 5.24. The van der Waals surface area contributed by atoms with Crippen LogP contribution in [0.5, 0.6) is 0 Å². The molecule has 0 amide bonds. The van der Waals surface area contributed by atoms with Gasteiger partial charge >= 0.3 is 0 Å². The molecule has 0 bridgehead atoms. The van der Waals surface area contributed by atoms with Gasteiger partial charge in [0.05, 0.1) is 6.61 Å². The van der Waals surface area contributed by atoms with Crippen LogP contribution >= 0.6 is 0 Å². The predicted octanol–water partition coefficient (Wildman–Crippen LogP) is 3.78. The highest BCUT2D eigenvalue weighted by molar-refractivity contribution is 5.06. The lowest BCUT2D eigenvalue weighted by molar-refractivity contribution is 0.0244. The second kappa shape index (κ2) is 6.18. The van der Waals surface area contributed by atoms with Crippen LogP contribution < -0.4 is 0 Å². The number of hydrogen-bond donors (Lipinski definition) is 0. The Kier molecular flexibility index (Phi) is 5.19. The van der Waals surface area contributed by atoms with Crippen LogP contribution in [0.4, 0.5) is 0 Å². The minimum Gasteiger partial charge on any atom is -0.365 e. The van der Waals surface area contributed by atoms with E-state index in [0.29, 0.717) is 5.41 Å². The smallest absolute Gasteiger partial charge is 0.118 e. The first-order valence-electron chi connectivity index (χ1n) is 6.24. The molecule has 86 valence electrons. The molecule has 1 rings (SSSR count). The van der Waals surface area contributed by atoms with E-state index in [1.165, 1.54) is 19.3 Å². The number of rotatable bonds is 4. The third-order valence-electron chi connectivity index (χ3n) is 3.16. The van der Waals surface area contributed by atoms with E-state index >= 15 is 0 Å². The Labute approximate surface area is 94.6 Å². The summed E-state index contributed by atoms with van der Waals surface area (Å²) < 4.78 is 5.90. The van der Waals surface area contributed by atoms with Crippen molar-refractivity contribution in [1.29, 1.82) is 0 Å². The molecule has 0 aliphatic heterocycles. The third-order valence-corrected chi connectivity index (χ3v) is 3.16. The average Bonchev–Trinajstić information content (AvgIpc) is 2.16. The SMILES string of the molecule is CCC(C)(C)COC1C#CCCCCC1. The van der Waals surface area contributed by atoms with E-state index < -0.39 is 0 Å². The van der Waals surface area contributed by atoms with Gasteiger partial charge in [0.2, 0.25) is 0 Å². The maximum Gasteiger partial charge on any atom is 0.118 e. The molecule has 0 aromatic rings. The lowest BCUT2D eigenvalue weighted by Crippen LogP contribution is -2.23. The molecule has 1 aliphatic carbocycles. The van der Waals surface area contributed by atoms with Crippen LogP contribution in [0.3, 0.4) is 0 Å². The molecule has 1 aliphatic rings. The lowest BCUT2D eigenvalue weighted by atomic mass is 9.91. The van der Waals surface area contributed by atoms with Gasteiger partial charge in [-0.15, -0.1) is 5.92 Å². The van der Waals surface area contributed by atoms with Gasteiger partial charge in [0.15, 0.2) is 0 Å². The average molecular weight is 208 g/mol. The molecule has 0 saturated carbocycles. The van der Waals surface area contributed by atoms with Gasteiger partial charge in [-0.25, -0.2) is 0 Å². The van der Waals surface area contributed by atoms with E-state index in [0.717, 1.165) is 25.9 Å². The van der Waals surface area contributed by atoms with Crippen molar-refractivity contribution in [1.82, 2.24) is 0 Å². The fraction of sp³-hybridized carbons (Fsp3) is 0.857. The maximum atomic E-state index is 5.90. The molecule has 0 heterocycles. The predicted molar refractivity (Wildman–Crippen MR) is 64.7 cm³/mol. The van der Waals surface area contributed by atoms with Crippen LogP contribution in [-0.2, 0) is 4.74 Å². The Bertz CT molecular complexity index is 231. The monoisotopic (exact) mass is 208 g/mol. The molecular weight excluding hydrogens is 184 g/mol. The first-order valence-corrected chi connectivity index (χ1v) is 6.24. The summed E-state index contributed by atoms with van der Waals surface area (Å²) in [6, 6.07) is 0. The Hall–Kier alpha value is -0.480. The molecule has 1 unspecified atom stereocenters. The molecule has 1 nitrogen and oxygen atoms in total. The molecule has 0 fully saturated rings. The minimum atomic E-state index is 0.191. The van der Waals surface area contributed by atoms with E-state index in [1.807, 2.05) is 0 Å². The summed E-state index contributed by atoms with van der Waals surface area (Å²) in [7, 11) is 0. The van der Waals surface area contributed by atoms with Crippen LogP contribution in [0, 0.1) is 17.3 Å². The van der Waals surface area contributed by atoms with Crippen LogP contribution in [0.25, 0.3) is 0 Å². The zero-order valence-corrected chi connectivity index (χ0v) is 10.4. The van der Waals surface area contributed by atoms with Crippen LogP contribution in [0.1, 0.15) is 59.3 Å². The standard InChI is InChI=1S/C14H24O/c1-4-14(2,3)12-15-13-10-8-6-5-7-9-11-13/h13H,4-8,10,12H2,1-3H3. The van der Waals surface area contributed by atoms with Crippen molar-refractivity contribution in [2.45, 2.75) is 65.4 Å². The Morgan fingerprint density at radius 2 is 2.07 bits per heavy atom. The van der Waals surface area contributed by atoms with Gasteiger partial charge in [-0.1, -0.05) is 33.1 Å². The topological polar surface area (TPSA) is 9.23 Å². The van der Waals surface area contributed by atoms with Gasteiger partial charge in [0.25, 0.3) is 0 Å². The Balaban J connectivity index is 2.35. The van der Waals surface area contributed by atoms with Crippen LogP contribution in [0.2, 0.25) is 0 Å². The second-order valence-corrected chi connectivity index (χ2v) is 5.24. The fourth-order valence-electron chi connectivity index (χ4n) is 1.53. The summed E-state index contributed by atoms with van der Waals surface area (Å²) in [6.07, 6.45) is 7.37. The number of ether oxygens (including phenoxy) is 1. The molecular formula is C14H24O. The van der Waals surface area contributed by atoms with Crippen molar-refractivity contribution in [3.8, 4) is 11.8 Å². The van der Waals surface area contributed by atoms with E-state index in [9.17, 15) is 0 Å². The Morgan fingerprint density at radius 1 is 1.27 bits per heavy atom. The first kappa shape index (κ1) is 12.6. The summed E-state index contributed by atoms with van der Waals surface area (Å²) >= 11 is 0. The normalized spacial score (nSPS) is 22.5. The molecule has 0 spiro atoms. The van der Waals surface area contributed by atoms with Gasteiger partial charge < -0.3 is 4.74 Å². The van der Waals surface area contributed by atoms with E-state index in [-0.39, 0.29) is 6.10 Å². The van der Waals surface area contributed by atoms with Crippen molar-refractivity contribution in [2.24, 2.45) is 5.41 Å². The molecule has 0 aromatic carbocycles. The highest BCUT2D eigenvalue weighted by Crippen LogP contribution is 2.21. The summed E-state index contributed by atoms with van der Waals surface area (Å²) in [5.74, 6) is 6.46. The lowest BCUT2D eigenvalue weighted by Gasteiger charge is -2.24. The summed E-state index contributed by atoms with van der Waals surface area (Å²) in [6.45, 7) is 7.56. The number of hydrogen-bond acceptors (Lipinski definition) is 1. The Morgan fingerprint density at radius 3 is 2.80 bits per heavy atom. The van der Waals surface area contributed by atoms with Gasteiger partial charge in [-0.05, 0) is 31.1 Å². The van der Waals surface area contributed by atoms with Gasteiger partial charge in [-0.2, -0.15) is 0 Å². The summed E-state index contributed by atoms with van der Waals surface area (Å²) in [5.41, 5.74) is 0.296. The van der Waals surface area contributed by atoms with Gasteiger partial charge in [0.1, 0.15) is 6.10 Å². The maximum absolute atomic E-state index is 5.90. The highest BCUT2D eigenvalue weighted by atomic mass is 16.5. The minimum absolute atomic E-state index is 0.191. The fourth-order valence-corrected chi connectivity index (χ4v) is 1.53. The summed E-state index contributed by atoms with van der Waals surface area (Å²) in [4.78, 5) is 0. The molecule has 1 atom stereocenters. The van der Waals surface area contributed by atoms with Crippen molar-refractivity contribution in [3.05, 3.63) is 0 Å². The van der Waals surface area contributed by atoms with Crippen molar-refractivity contribution >= 4 is 0 Å². The van der Waals surface area contributed by atoms with Gasteiger partial charge in [-0.3, -0.25) is 0 Å². The highest BCUT2D eigenvalue weighted by Gasteiger charge is 2.17.